The predicted octanol–water partition coefficient (Wildman–Crippen LogP) is 3.52. The summed E-state index contributed by atoms with van der Waals surface area (Å²) in [6.45, 7) is 0.748. The van der Waals surface area contributed by atoms with Crippen LogP contribution in [0.25, 0.3) is 0 Å². The molecule has 23 heavy (non-hydrogen) atoms. The van der Waals surface area contributed by atoms with E-state index in [1.165, 1.54) is 5.56 Å². The Labute approximate surface area is 134 Å². The number of hydrogen-bond donors (Lipinski definition) is 0. The number of pyridine rings is 1. The second-order valence-electron chi connectivity index (χ2n) is 5.37. The molecule has 0 atom stereocenters. The van der Waals surface area contributed by atoms with Gasteiger partial charge in [-0.25, -0.2) is 0 Å². The number of nitrogens with zero attached hydrogens (tertiary/aromatic N) is 2. The van der Waals surface area contributed by atoms with E-state index in [0.717, 1.165) is 17.8 Å². The van der Waals surface area contributed by atoms with Gasteiger partial charge in [0.2, 0.25) is 0 Å². The number of aromatic nitrogens is 1. The fourth-order valence-electron chi connectivity index (χ4n) is 2.64. The van der Waals surface area contributed by atoms with Gasteiger partial charge in [0.25, 0.3) is 5.69 Å². The van der Waals surface area contributed by atoms with Crippen molar-refractivity contribution in [2.45, 2.75) is 13.0 Å². The van der Waals surface area contributed by atoms with Gasteiger partial charge in [0.1, 0.15) is 0 Å². The van der Waals surface area contributed by atoms with E-state index in [0.29, 0.717) is 6.42 Å². The van der Waals surface area contributed by atoms with Gasteiger partial charge in [0.15, 0.2) is 18.4 Å². The number of rotatable bonds is 5. The van der Waals surface area contributed by atoms with Crippen LogP contribution in [0.1, 0.15) is 16.8 Å². The first kappa shape index (κ1) is 14.9. The largest absolute Gasteiger partial charge is 0.273 e. The van der Waals surface area contributed by atoms with Gasteiger partial charge in [-0.3, -0.25) is 10.1 Å². The van der Waals surface area contributed by atoms with E-state index >= 15 is 0 Å². The van der Waals surface area contributed by atoms with Crippen LogP contribution in [0.5, 0.6) is 0 Å². The van der Waals surface area contributed by atoms with Crippen LogP contribution in [-0.4, -0.2) is 4.92 Å². The Morgan fingerprint density at radius 2 is 1.57 bits per heavy atom. The second-order valence-corrected chi connectivity index (χ2v) is 5.37. The highest BCUT2D eigenvalue weighted by atomic mass is 16.6. The Morgan fingerprint density at radius 3 is 2.35 bits per heavy atom. The molecule has 1 heterocycles. The Balaban J connectivity index is 1.91. The van der Waals surface area contributed by atoms with Gasteiger partial charge in [0.05, 0.1) is 11.3 Å². The topological polar surface area (TPSA) is 47.0 Å². The third-order valence-electron chi connectivity index (χ3n) is 3.79. The first-order valence-corrected chi connectivity index (χ1v) is 7.47. The van der Waals surface area contributed by atoms with Gasteiger partial charge >= 0.3 is 0 Å². The molecule has 1 aromatic heterocycles. The summed E-state index contributed by atoms with van der Waals surface area (Å²) in [5, 5.41) is 11.2. The minimum Gasteiger partial charge on any atom is -0.258 e. The van der Waals surface area contributed by atoms with E-state index in [-0.39, 0.29) is 10.6 Å². The molecule has 0 amide bonds. The van der Waals surface area contributed by atoms with Crippen LogP contribution in [0.3, 0.4) is 0 Å². The summed E-state index contributed by atoms with van der Waals surface area (Å²) < 4.78 is 2.13. The molecule has 0 spiro atoms. The maximum Gasteiger partial charge on any atom is 0.273 e. The highest BCUT2D eigenvalue weighted by Crippen LogP contribution is 2.20. The van der Waals surface area contributed by atoms with Gasteiger partial charge in [-0.1, -0.05) is 54.6 Å². The number of hydrogen-bond acceptors (Lipinski definition) is 2. The van der Waals surface area contributed by atoms with Crippen molar-refractivity contribution in [2.75, 3.05) is 0 Å². The lowest BCUT2D eigenvalue weighted by Gasteiger charge is -2.05. The Morgan fingerprint density at radius 1 is 0.870 bits per heavy atom. The molecule has 4 nitrogen and oxygen atoms in total. The van der Waals surface area contributed by atoms with E-state index in [2.05, 4.69) is 16.7 Å². The zero-order valence-corrected chi connectivity index (χ0v) is 12.6. The summed E-state index contributed by atoms with van der Waals surface area (Å²) in [5.41, 5.74) is 3.14. The van der Waals surface area contributed by atoms with E-state index in [1.807, 2.05) is 54.7 Å². The minimum atomic E-state index is -0.320. The van der Waals surface area contributed by atoms with Gasteiger partial charge in [-0.05, 0) is 0 Å². The lowest BCUT2D eigenvalue weighted by atomic mass is 10.1. The first-order valence-electron chi connectivity index (χ1n) is 7.47. The summed E-state index contributed by atoms with van der Waals surface area (Å²) in [4.78, 5) is 10.9. The molecule has 0 unspecified atom stereocenters. The molecular formula is C19H17N2O2+. The standard InChI is InChI=1S/C19H17N2O2/c22-21(23)19-12-5-4-10-17(19)14-18-11-6-7-13-20(18)15-16-8-2-1-3-9-16/h1-13H,14-15H2/q+1. The quantitative estimate of drug-likeness (QED) is 0.411. The number of nitro groups is 1. The third kappa shape index (κ3) is 3.61. The van der Waals surface area contributed by atoms with E-state index < -0.39 is 0 Å². The van der Waals surface area contributed by atoms with Gasteiger partial charge < -0.3 is 0 Å². The lowest BCUT2D eigenvalue weighted by Crippen LogP contribution is -2.38. The molecule has 0 N–H and O–H groups in total. The van der Waals surface area contributed by atoms with Gasteiger partial charge in [0, 0.05) is 29.3 Å². The molecule has 4 heteroatoms. The molecule has 0 fully saturated rings. The van der Waals surface area contributed by atoms with Crippen molar-refractivity contribution in [1.82, 2.24) is 0 Å². The zero-order chi connectivity index (χ0) is 16.1. The molecule has 0 aliphatic heterocycles. The van der Waals surface area contributed by atoms with Crippen LogP contribution < -0.4 is 4.57 Å². The van der Waals surface area contributed by atoms with Gasteiger partial charge in [-0.15, -0.1) is 0 Å². The molecule has 2 aromatic carbocycles. The summed E-state index contributed by atoms with van der Waals surface area (Å²) >= 11 is 0. The average molecular weight is 305 g/mol. The molecule has 3 aromatic rings. The van der Waals surface area contributed by atoms with Crippen molar-refractivity contribution < 1.29 is 9.49 Å². The van der Waals surface area contributed by atoms with Crippen molar-refractivity contribution in [3.8, 4) is 0 Å². The highest BCUT2D eigenvalue weighted by Gasteiger charge is 2.17. The van der Waals surface area contributed by atoms with Crippen molar-refractivity contribution in [3.63, 3.8) is 0 Å². The number of para-hydroxylation sites is 1. The van der Waals surface area contributed by atoms with Crippen LogP contribution >= 0.6 is 0 Å². The number of benzene rings is 2. The van der Waals surface area contributed by atoms with Crippen molar-refractivity contribution in [3.05, 3.63) is 106 Å². The van der Waals surface area contributed by atoms with E-state index in [4.69, 9.17) is 0 Å². The summed E-state index contributed by atoms with van der Waals surface area (Å²) in [6, 6.07) is 23.0. The van der Waals surface area contributed by atoms with Gasteiger partial charge in [-0.2, -0.15) is 4.57 Å². The predicted molar refractivity (Wildman–Crippen MR) is 88.1 cm³/mol. The summed E-state index contributed by atoms with van der Waals surface area (Å²) in [7, 11) is 0. The monoisotopic (exact) mass is 305 g/mol. The van der Waals surface area contributed by atoms with Crippen molar-refractivity contribution >= 4 is 5.69 Å². The summed E-state index contributed by atoms with van der Waals surface area (Å²) in [6.07, 6.45) is 2.54. The van der Waals surface area contributed by atoms with Crippen LogP contribution in [-0.2, 0) is 13.0 Å². The van der Waals surface area contributed by atoms with Crippen LogP contribution in [0.2, 0.25) is 0 Å². The molecule has 0 saturated carbocycles. The molecular weight excluding hydrogens is 288 g/mol. The molecule has 0 aliphatic rings. The molecule has 3 rings (SSSR count). The smallest absolute Gasteiger partial charge is 0.258 e. The first-order chi connectivity index (χ1) is 11.2. The van der Waals surface area contributed by atoms with E-state index in [9.17, 15) is 10.1 Å². The Bertz CT molecular complexity index is 816. The average Bonchev–Trinajstić information content (AvgIpc) is 2.58. The third-order valence-corrected chi connectivity index (χ3v) is 3.79. The normalized spacial score (nSPS) is 10.4. The molecule has 0 bridgehead atoms. The molecule has 0 radical (unpaired) electrons. The Kier molecular flexibility index (Phi) is 4.43. The SMILES string of the molecule is O=[N+]([O-])c1ccccc1Cc1cccc[n+]1Cc1ccccc1. The Hall–Kier alpha value is -3.01. The molecule has 0 saturated heterocycles. The van der Waals surface area contributed by atoms with Crippen molar-refractivity contribution in [2.24, 2.45) is 0 Å². The van der Waals surface area contributed by atoms with E-state index in [1.54, 1.807) is 12.1 Å². The van der Waals surface area contributed by atoms with Crippen LogP contribution in [0.4, 0.5) is 5.69 Å². The fourth-order valence-corrected chi connectivity index (χ4v) is 2.64. The highest BCUT2D eigenvalue weighted by molar-refractivity contribution is 5.41. The molecule has 114 valence electrons. The number of nitro benzene ring substituents is 1. The van der Waals surface area contributed by atoms with Crippen LogP contribution in [0, 0.1) is 10.1 Å². The second kappa shape index (κ2) is 6.83. The maximum absolute atomic E-state index is 11.2. The molecule has 0 aliphatic carbocycles. The fraction of sp³-hybridized carbons (Fsp3) is 0.105. The van der Waals surface area contributed by atoms with Crippen LogP contribution in [0.15, 0.2) is 79.0 Å². The zero-order valence-electron chi connectivity index (χ0n) is 12.6. The minimum absolute atomic E-state index is 0.169. The lowest BCUT2D eigenvalue weighted by molar-refractivity contribution is -0.695. The maximum atomic E-state index is 11.2. The van der Waals surface area contributed by atoms with Crippen molar-refractivity contribution in [1.29, 1.82) is 0 Å². The summed E-state index contributed by atoms with van der Waals surface area (Å²) in [5.74, 6) is 0.